The van der Waals surface area contributed by atoms with E-state index in [4.69, 9.17) is 14.2 Å². The molecule has 2 heterocycles. The number of carbonyl (C=O) groups excluding carboxylic acids is 1. The molecule has 6 nitrogen and oxygen atoms in total. The average molecular weight is 363 g/mol. The summed E-state index contributed by atoms with van der Waals surface area (Å²) in [6, 6.07) is 5.32. The standard InChI is InChI=1S/C20H29NO5/c1-13-6-7-16(24-5)8-17(13)20(23)9-14-11-25-12-15(10-20)21(14)18(22)26-19(2,3)4/h6-8,14-15,23H,9-12H2,1-5H3. The smallest absolute Gasteiger partial charge is 0.410 e. The Morgan fingerprint density at radius 1 is 1.27 bits per heavy atom. The summed E-state index contributed by atoms with van der Waals surface area (Å²) in [7, 11) is 1.62. The number of hydrogen-bond acceptors (Lipinski definition) is 5. The van der Waals surface area contributed by atoms with Crippen LogP contribution in [-0.2, 0) is 15.1 Å². The van der Waals surface area contributed by atoms with Crippen molar-refractivity contribution in [2.24, 2.45) is 0 Å². The van der Waals surface area contributed by atoms with Crippen LogP contribution in [-0.4, -0.2) is 54.1 Å². The number of methoxy groups -OCH3 is 1. The van der Waals surface area contributed by atoms with Crippen LogP contribution in [0.1, 0.15) is 44.7 Å². The van der Waals surface area contributed by atoms with Gasteiger partial charge in [0, 0.05) is 12.8 Å². The zero-order valence-corrected chi connectivity index (χ0v) is 16.2. The number of aryl methyl sites for hydroxylation is 1. The van der Waals surface area contributed by atoms with Crippen LogP contribution in [0.5, 0.6) is 5.75 Å². The lowest BCUT2D eigenvalue weighted by atomic mass is 9.75. The maximum Gasteiger partial charge on any atom is 0.410 e. The van der Waals surface area contributed by atoms with Crippen molar-refractivity contribution >= 4 is 6.09 Å². The molecular weight excluding hydrogens is 334 g/mol. The molecule has 0 radical (unpaired) electrons. The van der Waals surface area contributed by atoms with E-state index in [2.05, 4.69) is 0 Å². The number of rotatable bonds is 2. The van der Waals surface area contributed by atoms with Gasteiger partial charge in [0.2, 0.25) is 0 Å². The van der Waals surface area contributed by atoms with E-state index in [0.29, 0.717) is 26.1 Å². The number of nitrogens with zero attached hydrogens (tertiary/aromatic N) is 1. The second-order valence-electron chi connectivity index (χ2n) is 8.35. The van der Waals surface area contributed by atoms with Gasteiger partial charge < -0.3 is 19.3 Å². The number of morpholine rings is 1. The normalized spacial score (nSPS) is 28.6. The molecule has 1 N–H and O–H groups in total. The first kappa shape index (κ1) is 19.0. The predicted octanol–water partition coefficient (Wildman–Crippen LogP) is 2.99. The van der Waals surface area contributed by atoms with Crippen molar-refractivity contribution in [1.29, 1.82) is 0 Å². The predicted molar refractivity (Wildman–Crippen MR) is 97.3 cm³/mol. The number of piperidine rings is 1. The third-order valence-electron chi connectivity index (χ3n) is 5.10. The molecule has 1 aromatic carbocycles. The second-order valence-corrected chi connectivity index (χ2v) is 8.35. The minimum absolute atomic E-state index is 0.215. The summed E-state index contributed by atoms with van der Waals surface area (Å²) in [6.45, 7) is 8.37. The first-order chi connectivity index (χ1) is 12.1. The van der Waals surface area contributed by atoms with Crippen molar-refractivity contribution in [2.45, 2.75) is 63.8 Å². The van der Waals surface area contributed by atoms with Crippen LogP contribution in [0.3, 0.4) is 0 Å². The van der Waals surface area contributed by atoms with Gasteiger partial charge in [0.15, 0.2) is 0 Å². The van der Waals surface area contributed by atoms with Crippen LogP contribution < -0.4 is 4.74 Å². The van der Waals surface area contributed by atoms with Gasteiger partial charge >= 0.3 is 6.09 Å². The molecule has 2 fully saturated rings. The van der Waals surface area contributed by atoms with E-state index < -0.39 is 11.2 Å². The Bertz CT molecular complexity index is 667. The van der Waals surface area contributed by atoms with Gasteiger partial charge in [-0.1, -0.05) is 6.07 Å². The van der Waals surface area contributed by atoms with Gasteiger partial charge in [0.25, 0.3) is 0 Å². The Labute approximate surface area is 155 Å². The van der Waals surface area contributed by atoms with E-state index in [-0.39, 0.29) is 18.2 Å². The van der Waals surface area contributed by atoms with Gasteiger partial charge in [-0.2, -0.15) is 0 Å². The van der Waals surface area contributed by atoms with Gasteiger partial charge in [0.1, 0.15) is 11.4 Å². The molecule has 0 aromatic heterocycles. The molecule has 1 aromatic rings. The maximum absolute atomic E-state index is 12.7. The van der Waals surface area contributed by atoms with Crippen LogP contribution >= 0.6 is 0 Å². The molecule has 144 valence electrons. The fourth-order valence-corrected chi connectivity index (χ4v) is 4.04. The fourth-order valence-electron chi connectivity index (χ4n) is 4.04. The first-order valence-corrected chi connectivity index (χ1v) is 9.09. The van der Waals surface area contributed by atoms with Crippen molar-refractivity contribution in [1.82, 2.24) is 4.90 Å². The van der Waals surface area contributed by atoms with Gasteiger partial charge in [-0.3, -0.25) is 4.90 Å². The SMILES string of the molecule is COc1ccc(C)c(C2(O)CC3COCC(C2)N3C(=O)OC(C)(C)C)c1. The number of amides is 1. The number of ether oxygens (including phenoxy) is 3. The van der Waals surface area contributed by atoms with Crippen molar-refractivity contribution in [2.75, 3.05) is 20.3 Å². The summed E-state index contributed by atoms with van der Waals surface area (Å²) in [5, 5.41) is 11.5. The molecule has 2 aliphatic heterocycles. The van der Waals surface area contributed by atoms with Gasteiger partial charge in [-0.05, 0) is 51.0 Å². The van der Waals surface area contributed by atoms with E-state index in [1.165, 1.54) is 0 Å². The molecule has 2 unspecified atom stereocenters. The molecule has 0 aliphatic carbocycles. The molecule has 2 bridgehead atoms. The summed E-state index contributed by atoms with van der Waals surface area (Å²) < 4.78 is 16.6. The highest BCUT2D eigenvalue weighted by Gasteiger charge is 2.50. The third kappa shape index (κ3) is 3.67. The number of benzene rings is 1. The van der Waals surface area contributed by atoms with E-state index >= 15 is 0 Å². The zero-order valence-electron chi connectivity index (χ0n) is 16.2. The van der Waals surface area contributed by atoms with E-state index in [0.717, 1.165) is 16.9 Å². The van der Waals surface area contributed by atoms with Crippen LogP contribution in [0, 0.1) is 6.92 Å². The second kappa shape index (κ2) is 6.74. The highest BCUT2D eigenvalue weighted by atomic mass is 16.6. The summed E-state index contributed by atoms with van der Waals surface area (Å²) in [4.78, 5) is 14.5. The Morgan fingerprint density at radius 2 is 1.88 bits per heavy atom. The van der Waals surface area contributed by atoms with Crippen molar-refractivity contribution in [3.05, 3.63) is 29.3 Å². The van der Waals surface area contributed by atoms with E-state index in [1.807, 2.05) is 45.9 Å². The van der Waals surface area contributed by atoms with E-state index in [9.17, 15) is 9.90 Å². The Hall–Kier alpha value is -1.79. The summed E-state index contributed by atoms with van der Waals surface area (Å²) in [6.07, 6.45) is 0.494. The molecule has 0 saturated carbocycles. The fraction of sp³-hybridized carbons (Fsp3) is 0.650. The lowest BCUT2D eigenvalue weighted by molar-refractivity contribution is -0.141. The summed E-state index contributed by atoms with van der Waals surface area (Å²) >= 11 is 0. The Balaban J connectivity index is 1.88. The Kier molecular flexibility index (Phi) is 4.92. The minimum atomic E-state index is -1.02. The molecule has 2 atom stereocenters. The van der Waals surface area contributed by atoms with Crippen LogP contribution in [0.2, 0.25) is 0 Å². The van der Waals surface area contributed by atoms with Crippen molar-refractivity contribution in [3.63, 3.8) is 0 Å². The number of hydrogen-bond donors (Lipinski definition) is 1. The summed E-state index contributed by atoms with van der Waals surface area (Å²) in [5.41, 5.74) is 0.301. The number of carbonyl (C=O) groups is 1. The van der Waals surface area contributed by atoms with Gasteiger partial charge in [0.05, 0.1) is 38.0 Å². The monoisotopic (exact) mass is 363 g/mol. The van der Waals surface area contributed by atoms with E-state index in [1.54, 1.807) is 12.0 Å². The lowest BCUT2D eigenvalue weighted by Gasteiger charge is -2.51. The molecule has 6 heteroatoms. The van der Waals surface area contributed by atoms with Crippen LogP contribution in [0.15, 0.2) is 18.2 Å². The lowest BCUT2D eigenvalue weighted by Crippen LogP contribution is -2.63. The number of fused-ring (bicyclic) bond motifs is 2. The maximum atomic E-state index is 12.7. The molecule has 0 spiro atoms. The number of aliphatic hydroxyl groups is 1. The molecule has 2 aliphatic rings. The zero-order chi connectivity index (χ0) is 19.1. The molecule has 1 amide bonds. The third-order valence-corrected chi connectivity index (χ3v) is 5.10. The quantitative estimate of drug-likeness (QED) is 0.875. The van der Waals surface area contributed by atoms with Crippen LogP contribution in [0.4, 0.5) is 4.79 Å². The highest BCUT2D eigenvalue weighted by Crippen LogP contribution is 2.43. The Morgan fingerprint density at radius 3 is 2.42 bits per heavy atom. The molecule has 2 saturated heterocycles. The largest absolute Gasteiger partial charge is 0.497 e. The van der Waals surface area contributed by atoms with Crippen LogP contribution in [0.25, 0.3) is 0 Å². The van der Waals surface area contributed by atoms with Crippen molar-refractivity contribution < 1.29 is 24.1 Å². The molecule has 3 rings (SSSR count). The van der Waals surface area contributed by atoms with Crippen molar-refractivity contribution in [3.8, 4) is 5.75 Å². The van der Waals surface area contributed by atoms with Gasteiger partial charge in [-0.15, -0.1) is 0 Å². The first-order valence-electron chi connectivity index (χ1n) is 9.09. The minimum Gasteiger partial charge on any atom is -0.497 e. The highest BCUT2D eigenvalue weighted by molar-refractivity contribution is 5.69. The summed E-state index contributed by atoms with van der Waals surface area (Å²) in [5.74, 6) is 0.718. The topological polar surface area (TPSA) is 68.2 Å². The molecule has 26 heavy (non-hydrogen) atoms. The molecular formula is C20H29NO5. The average Bonchev–Trinajstić information content (AvgIpc) is 2.52. The van der Waals surface area contributed by atoms with Gasteiger partial charge in [-0.25, -0.2) is 4.79 Å².